The van der Waals surface area contributed by atoms with Gasteiger partial charge in [0.15, 0.2) is 6.10 Å². The first-order chi connectivity index (χ1) is 6.81. The summed E-state index contributed by atoms with van der Waals surface area (Å²) >= 11 is 4.36. The van der Waals surface area contributed by atoms with E-state index in [9.17, 15) is 4.79 Å². The first-order valence-corrected chi connectivity index (χ1v) is 4.58. The molecule has 1 heterocycles. The number of carbonyl (C=O) groups is 1. The average Bonchev–Trinajstić information content (AvgIpc) is 2.61. The summed E-state index contributed by atoms with van der Waals surface area (Å²) in [4.78, 5) is 14.7. The third kappa shape index (κ3) is 1.58. The summed E-state index contributed by atoms with van der Waals surface area (Å²) in [5.41, 5.74) is 1.03. The van der Waals surface area contributed by atoms with E-state index in [0.29, 0.717) is 6.42 Å². The molecule has 0 bridgehead atoms. The number of benzene rings is 1. The zero-order valence-electron chi connectivity index (χ0n) is 7.27. The van der Waals surface area contributed by atoms with Crippen LogP contribution < -0.4 is 4.74 Å². The number of aliphatic imine (C=N–C) groups is 1. The van der Waals surface area contributed by atoms with Gasteiger partial charge in [-0.15, -0.1) is 0 Å². The van der Waals surface area contributed by atoms with E-state index in [2.05, 4.69) is 17.2 Å². The molecule has 1 aromatic carbocycles. The summed E-state index contributed by atoms with van der Waals surface area (Å²) in [5, 5.41) is 2.05. The van der Waals surface area contributed by atoms with Crippen LogP contribution in [0, 0.1) is 0 Å². The molecule has 1 aromatic rings. The van der Waals surface area contributed by atoms with Gasteiger partial charge < -0.3 is 4.74 Å². The number of hydrogen-bond acceptors (Lipinski definition) is 3. The minimum absolute atomic E-state index is 0.365. The van der Waals surface area contributed by atoms with Crippen LogP contribution in [0.5, 0.6) is 5.75 Å². The summed E-state index contributed by atoms with van der Waals surface area (Å²) in [6, 6.07) is 7.55. The highest BCUT2D eigenvalue weighted by molar-refractivity contribution is 7.78. The molecule has 0 aliphatic carbocycles. The average molecular weight is 205 g/mol. The lowest BCUT2D eigenvalue weighted by molar-refractivity contribution is -0.123. The summed E-state index contributed by atoms with van der Waals surface area (Å²) in [6.07, 6.45) is 0.0399. The Morgan fingerprint density at radius 1 is 1.57 bits per heavy atom. The molecule has 0 fully saturated rings. The largest absolute Gasteiger partial charge is 0.480 e. The number of isothiocyanates is 1. The molecule has 0 saturated carbocycles. The van der Waals surface area contributed by atoms with Gasteiger partial charge in [-0.05, 0) is 23.8 Å². The Bertz CT molecular complexity index is 399. The first kappa shape index (κ1) is 9.06. The van der Waals surface area contributed by atoms with Crippen LogP contribution in [0.25, 0.3) is 0 Å². The molecule has 1 aliphatic heterocycles. The first-order valence-electron chi connectivity index (χ1n) is 4.17. The van der Waals surface area contributed by atoms with Crippen molar-refractivity contribution in [3.8, 4) is 5.75 Å². The van der Waals surface area contributed by atoms with Gasteiger partial charge in [-0.1, -0.05) is 18.2 Å². The Kier molecular flexibility index (Phi) is 2.39. The van der Waals surface area contributed by atoms with Crippen molar-refractivity contribution >= 4 is 23.3 Å². The van der Waals surface area contributed by atoms with Crippen LogP contribution in [0.4, 0.5) is 0 Å². The van der Waals surface area contributed by atoms with Crippen molar-refractivity contribution in [3.05, 3.63) is 29.8 Å². The molecule has 0 N–H and O–H groups in total. The van der Waals surface area contributed by atoms with E-state index in [4.69, 9.17) is 4.74 Å². The number of carbonyl (C=O) groups excluding carboxylic acids is 1. The molecule has 0 saturated heterocycles. The molecule has 1 amide bonds. The lowest BCUT2D eigenvalue weighted by atomic mass is 10.1. The van der Waals surface area contributed by atoms with Gasteiger partial charge in [0, 0.05) is 6.42 Å². The van der Waals surface area contributed by atoms with Gasteiger partial charge >= 0.3 is 0 Å². The standard InChI is InChI=1S/C10H7NO2S/c12-10(11-6-14)9-5-7-3-1-2-4-8(7)13-9/h1-4,9H,5H2. The highest BCUT2D eigenvalue weighted by Gasteiger charge is 2.28. The lowest BCUT2D eigenvalue weighted by Crippen LogP contribution is -2.23. The number of nitrogens with zero attached hydrogens (tertiary/aromatic N) is 1. The number of hydrogen-bond donors (Lipinski definition) is 0. The lowest BCUT2D eigenvalue weighted by Gasteiger charge is -2.03. The Hall–Kier alpha value is -1.51. The number of rotatable bonds is 1. The fourth-order valence-electron chi connectivity index (χ4n) is 1.44. The predicted octanol–water partition coefficient (Wildman–Crippen LogP) is 1.62. The number of thiocarbonyl (C=S) groups is 1. The quantitative estimate of drug-likeness (QED) is 0.516. The number of para-hydroxylation sites is 1. The molecule has 1 aliphatic rings. The van der Waals surface area contributed by atoms with Gasteiger partial charge in [0.2, 0.25) is 0 Å². The van der Waals surface area contributed by atoms with Gasteiger partial charge in [-0.3, -0.25) is 4.79 Å². The second kappa shape index (κ2) is 3.70. The van der Waals surface area contributed by atoms with Crippen LogP contribution in [0.1, 0.15) is 5.56 Å². The third-order valence-electron chi connectivity index (χ3n) is 2.08. The smallest absolute Gasteiger partial charge is 0.295 e. The monoisotopic (exact) mass is 205 g/mol. The molecule has 4 heteroatoms. The Labute approximate surface area is 86.4 Å². The van der Waals surface area contributed by atoms with E-state index in [1.54, 1.807) is 0 Å². The normalized spacial score (nSPS) is 17.9. The van der Waals surface area contributed by atoms with E-state index < -0.39 is 6.10 Å². The second-order valence-electron chi connectivity index (χ2n) is 2.96. The summed E-state index contributed by atoms with van der Waals surface area (Å²) < 4.78 is 5.39. The van der Waals surface area contributed by atoms with Gasteiger partial charge in [-0.25, -0.2) is 0 Å². The number of fused-ring (bicyclic) bond motifs is 1. The molecule has 0 aromatic heterocycles. The van der Waals surface area contributed by atoms with Crippen molar-refractivity contribution < 1.29 is 9.53 Å². The second-order valence-corrected chi connectivity index (χ2v) is 3.14. The van der Waals surface area contributed by atoms with Crippen molar-refractivity contribution in [1.29, 1.82) is 0 Å². The van der Waals surface area contributed by atoms with Crippen LogP contribution in [0.3, 0.4) is 0 Å². The van der Waals surface area contributed by atoms with E-state index in [-0.39, 0.29) is 5.91 Å². The SMILES string of the molecule is O=C(N=C=S)C1Cc2ccccc2O1. The van der Waals surface area contributed by atoms with E-state index in [0.717, 1.165) is 11.3 Å². The molecular formula is C10H7NO2S. The predicted molar refractivity (Wildman–Crippen MR) is 54.6 cm³/mol. The molecule has 0 spiro atoms. The topological polar surface area (TPSA) is 38.7 Å². The Balaban J connectivity index is 2.19. The minimum atomic E-state index is -0.525. The summed E-state index contributed by atoms with van der Waals surface area (Å²) in [6.45, 7) is 0. The highest BCUT2D eigenvalue weighted by atomic mass is 32.1. The van der Waals surface area contributed by atoms with Crippen molar-refractivity contribution in [2.75, 3.05) is 0 Å². The van der Waals surface area contributed by atoms with E-state index in [1.807, 2.05) is 29.4 Å². The number of amides is 1. The zero-order chi connectivity index (χ0) is 9.97. The molecule has 3 nitrogen and oxygen atoms in total. The van der Waals surface area contributed by atoms with E-state index >= 15 is 0 Å². The van der Waals surface area contributed by atoms with Crippen LogP contribution in [0.2, 0.25) is 0 Å². The highest BCUT2D eigenvalue weighted by Crippen LogP contribution is 2.28. The van der Waals surface area contributed by atoms with Crippen LogP contribution in [0.15, 0.2) is 29.3 Å². The molecule has 1 atom stereocenters. The minimum Gasteiger partial charge on any atom is -0.480 e. The van der Waals surface area contributed by atoms with Gasteiger partial charge in [0.05, 0.1) is 5.16 Å². The summed E-state index contributed by atoms with van der Waals surface area (Å²) in [7, 11) is 0. The van der Waals surface area contributed by atoms with E-state index in [1.165, 1.54) is 0 Å². The van der Waals surface area contributed by atoms with Crippen molar-refractivity contribution in [2.24, 2.45) is 4.99 Å². The van der Waals surface area contributed by atoms with Crippen LogP contribution in [-0.2, 0) is 11.2 Å². The van der Waals surface area contributed by atoms with Gasteiger partial charge in [0.1, 0.15) is 5.75 Å². The van der Waals surface area contributed by atoms with Gasteiger partial charge in [-0.2, -0.15) is 4.99 Å². The van der Waals surface area contributed by atoms with Crippen LogP contribution >= 0.6 is 12.2 Å². The van der Waals surface area contributed by atoms with Crippen molar-refractivity contribution in [2.45, 2.75) is 12.5 Å². The third-order valence-corrected chi connectivity index (χ3v) is 2.17. The van der Waals surface area contributed by atoms with Gasteiger partial charge in [0.25, 0.3) is 5.91 Å². The maximum atomic E-state index is 11.3. The fourth-order valence-corrected chi connectivity index (χ4v) is 1.53. The molecule has 1 unspecified atom stereocenters. The molecule has 0 radical (unpaired) electrons. The van der Waals surface area contributed by atoms with Crippen LogP contribution in [-0.4, -0.2) is 17.2 Å². The molecule has 2 rings (SSSR count). The van der Waals surface area contributed by atoms with Crippen molar-refractivity contribution in [1.82, 2.24) is 0 Å². The Morgan fingerprint density at radius 2 is 2.36 bits per heavy atom. The fraction of sp³-hybridized carbons (Fsp3) is 0.200. The molecule has 14 heavy (non-hydrogen) atoms. The molecular weight excluding hydrogens is 198 g/mol. The zero-order valence-corrected chi connectivity index (χ0v) is 8.08. The maximum absolute atomic E-state index is 11.3. The maximum Gasteiger partial charge on any atom is 0.295 e. The summed E-state index contributed by atoms with van der Waals surface area (Å²) in [5.74, 6) is 0.390. The Morgan fingerprint density at radius 3 is 3.07 bits per heavy atom. The number of ether oxygens (including phenoxy) is 1. The molecule has 70 valence electrons. The van der Waals surface area contributed by atoms with Crippen molar-refractivity contribution in [3.63, 3.8) is 0 Å².